The van der Waals surface area contributed by atoms with Crippen molar-refractivity contribution in [3.8, 4) is 0 Å². The van der Waals surface area contributed by atoms with Gasteiger partial charge < -0.3 is 4.74 Å². The summed E-state index contributed by atoms with van der Waals surface area (Å²) in [7, 11) is -5.38. The first-order valence-corrected chi connectivity index (χ1v) is 11.0. The minimum Gasteiger partial charge on any atom is -0.385 e. The molecule has 0 saturated carbocycles. The lowest BCUT2D eigenvalue weighted by molar-refractivity contribution is 0.132. The summed E-state index contributed by atoms with van der Waals surface area (Å²) in [6.07, 6.45) is 2.45. The number of piperidine rings is 1. The summed E-state index contributed by atoms with van der Waals surface area (Å²) in [4.78, 5) is 0.255. The monoisotopic (exact) mass is 376 g/mol. The van der Waals surface area contributed by atoms with E-state index in [2.05, 4.69) is 4.72 Å². The average Bonchev–Trinajstić information content (AvgIpc) is 2.53. The molecule has 1 aliphatic rings. The summed E-state index contributed by atoms with van der Waals surface area (Å²) in [6.45, 7) is 0.945. The van der Waals surface area contributed by atoms with Gasteiger partial charge in [0.05, 0.1) is 11.2 Å². The van der Waals surface area contributed by atoms with Crippen LogP contribution in [0.25, 0.3) is 0 Å². The van der Waals surface area contributed by atoms with Gasteiger partial charge in [0, 0.05) is 32.3 Å². The predicted octanol–water partition coefficient (Wildman–Crippen LogP) is 0.796. The van der Waals surface area contributed by atoms with Crippen molar-refractivity contribution in [2.45, 2.75) is 29.7 Å². The van der Waals surface area contributed by atoms with Crippen LogP contribution in [0, 0.1) is 0 Å². The molecule has 0 amide bonds. The molecule has 0 radical (unpaired) electrons. The number of nitrogens with zero attached hydrogens (tertiary/aromatic N) is 1. The number of benzene rings is 1. The normalized spacial score (nSPS) is 19.2. The quantitative estimate of drug-likeness (QED) is 0.760. The van der Waals surface area contributed by atoms with Crippen LogP contribution in [-0.2, 0) is 24.8 Å². The fourth-order valence-electron chi connectivity index (χ4n) is 2.99. The van der Waals surface area contributed by atoms with Gasteiger partial charge in [0.15, 0.2) is 0 Å². The van der Waals surface area contributed by atoms with E-state index >= 15 is 0 Å². The summed E-state index contributed by atoms with van der Waals surface area (Å²) >= 11 is 0. The number of hydrogen-bond donors (Lipinski definition) is 1. The van der Waals surface area contributed by atoms with Gasteiger partial charge in [-0.3, -0.25) is 0 Å². The van der Waals surface area contributed by atoms with E-state index in [1.165, 1.54) is 4.31 Å². The molecule has 1 N–H and O–H groups in total. The molecule has 1 aromatic rings. The molecule has 136 valence electrons. The standard InChI is InChI=1S/C15H24N2O5S2/c1-22-13-10-15(16-23(2,18)19)8-11-17(12-9-15)24(20,21)14-6-4-3-5-7-14/h3-7,16H,8-13H2,1-2H3. The number of hydrogen-bond acceptors (Lipinski definition) is 5. The molecule has 0 unspecified atom stereocenters. The lowest BCUT2D eigenvalue weighted by Crippen LogP contribution is -2.56. The average molecular weight is 377 g/mol. The minimum atomic E-state index is -3.55. The van der Waals surface area contributed by atoms with Crippen LogP contribution in [0.5, 0.6) is 0 Å². The van der Waals surface area contributed by atoms with Gasteiger partial charge in [0.1, 0.15) is 0 Å². The maximum absolute atomic E-state index is 12.7. The maximum atomic E-state index is 12.7. The van der Waals surface area contributed by atoms with Crippen LogP contribution in [0.1, 0.15) is 19.3 Å². The van der Waals surface area contributed by atoms with E-state index < -0.39 is 25.6 Å². The molecule has 1 fully saturated rings. The van der Waals surface area contributed by atoms with E-state index in [1.54, 1.807) is 37.4 Å². The molecule has 0 aliphatic carbocycles. The van der Waals surface area contributed by atoms with Crippen LogP contribution in [0.15, 0.2) is 35.2 Å². The Morgan fingerprint density at radius 1 is 1.12 bits per heavy atom. The van der Waals surface area contributed by atoms with Crippen molar-refractivity contribution in [1.82, 2.24) is 9.03 Å². The van der Waals surface area contributed by atoms with Gasteiger partial charge in [-0.05, 0) is 31.4 Å². The summed E-state index contributed by atoms with van der Waals surface area (Å²) in [5.74, 6) is 0. The summed E-state index contributed by atoms with van der Waals surface area (Å²) < 4.78 is 57.9. The topological polar surface area (TPSA) is 92.8 Å². The third-order valence-electron chi connectivity index (χ3n) is 4.25. The first-order chi connectivity index (χ1) is 11.2. The predicted molar refractivity (Wildman–Crippen MR) is 91.6 cm³/mol. The van der Waals surface area contributed by atoms with Gasteiger partial charge in [0.2, 0.25) is 20.0 Å². The van der Waals surface area contributed by atoms with Crippen LogP contribution in [0.2, 0.25) is 0 Å². The van der Waals surface area contributed by atoms with Crippen LogP contribution in [0.3, 0.4) is 0 Å². The summed E-state index contributed by atoms with van der Waals surface area (Å²) in [5.41, 5.74) is -0.660. The fourth-order valence-corrected chi connectivity index (χ4v) is 5.55. The molecule has 0 bridgehead atoms. The highest BCUT2D eigenvalue weighted by molar-refractivity contribution is 7.89. The molecular formula is C15H24N2O5S2. The minimum absolute atomic E-state index is 0.255. The van der Waals surface area contributed by atoms with Gasteiger partial charge in [0.25, 0.3) is 0 Å². The Morgan fingerprint density at radius 3 is 2.21 bits per heavy atom. The van der Waals surface area contributed by atoms with Crippen LogP contribution >= 0.6 is 0 Å². The Balaban J connectivity index is 2.15. The van der Waals surface area contributed by atoms with Crippen molar-refractivity contribution < 1.29 is 21.6 Å². The summed E-state index contributed by atoms with van der Waals surface area (Å²) in [5, 5.41) is 0. The first-order valence-electron chi connectivity index (χ1n) is 7.72. The van der Waals surface area contributed by atoms with Crippen LogP contribution < -0.4 is 4.72 Å². The molecule has 1 saturated heterocycles. The first kappa shape index (κ1) is 19.3. The van der Waals surface area contributed by atoms with Crippen molar-refractivity contribution in [3.63, 3.8) is 0 Å². The van der Waals surface area contributed by atoms with E-state index in [0.717, 1.165) is 6.26 Å². The molecule has 2 rings (SSSR count). The second kappa shape index (κ2) is 7.49. The molecule has 1 aliphatic heterocycles. The molecule has 9 heteroatoms. The van der Waals surface area contributed by atoms with E-state index in [-0.39, 0.29) is 18.0 Å². The van der Waals surface area contributed by atoms with Crippen molar-refractivity contribution in [3.05, 3.63) is 30.3 Å². The largest absolute Gasteiger partial charge is 0.385 e. The third kappa shape index (κ3) is 4.76. The Kier molecular flexibility index (Phi) is 6.03. The second-order valence-corrected chi connectivity index (χ2v) is 9.80. The highest BCUT2D eigenvalue weighted by Crippen LogP contribution is 2.30. The highest BCUT2D eigenvalue weighted by atomic mass is 32.2. The van der Waals surface area contributed by atoms with Gasteiger partial charge >= 0.3 is 0 Å². The Bertz CT molecular complexity index is 739. The third-order valence-corrected chi connectivity index (χ3v) is 6.96. The molecule has 0 atom stereocenters. The number of methoxy groups -OCH3 is 1. The van der Waals surface area contributed by atoms with Gasteiger partial charge in [-0.25, -0.2) is 21.6 Å². The molecule has 0 spiro atoms. The van der Waals surface area contributed by atoms with Crippen LogP contribution in [0.4, 0.5) is 0 Å². The number of nitrogens with one attached hydrogen (secondary N) is 1. The van der Waals surface area contributed by atoms with Crippen molar-refractivity contribution in [2.75, 3.05) is 33.1 Å². The SMILES string of the molecule is COCCC1(NS(C)(=O)=O)CCN(S(=O)(=O)c2ccccc2)CC1. The molecular weight excluding hydrogens is 352 g/mol. The van der Waals surface area contributed by atoms with Gasteiger partial charge in [-0.1, -0.05) is 18.2 Å². The molecule has 0 aromatic heterocycles. The number of sulfonamides is 2. The zero-order chi connectivity index (χ0) is 17.8. The zero-order valence-corrected chi connectivity index (χ0v) is 15.6. The molecule has 1 aromatic carbocycles. The maximum Gasteiger partial charge on any atom is 0.243 e. The van der Waals surface area contributed by atoms with Crippen molar-refractivity contribution in [1.29, 1.82) is 0 Å². The van der Waals surface area contributed by atoms with Gasteiger partial charge in [-0.15, -0.1) is 0 Å². The molecule has 1 heterocycles. The number of ether oxygens (including phenoxy) is 1. The zero-order valence-electron chi connectivity index (χ0n) is 13.9. The van der Waals surface area contributed by atoms with Crippen molar-refractivity contribution >= 4 is 20.0 Å². The summed E-state index contributed by atoms with van der Waals surface area (Å²) in [6, 6.07) is 8.27. The number of rotatable bonds is 7. The lowest BCUT2D eigenvalue weighted by Gasteiger charge is -2.41. The van der Waals surface area contributed by atoms with Gasteiger partial charge in [-0.2, -0.15) is 4.31 Å². The van der Waals surface area contributed by atoms with E-state index in [9.17, 15) is 16.8 Å². The Morgan fingerprint density at radius 2 is 1.71 bits per heavy atom. The fraction of sp³-hybridized carbons (Fsp3) is 0.600. The Labute approximate surface area is 144 Å². The highest BCUT2D eigenvalue weighted by Gasteiger charge is 2.40. The second-order valence-electron chi connectivity index (χ2n) is 6.11. The lowest BCUT2D eigenvalue weighted by atomic mass is 9.86. The van der Waals surface area contributed by atoms with E-state index in [4.69, 9.17) is 4.74 Å². The molecule has 24 heavy (non-hydrogen) atoms. The van der Waals surface area contributed by atoms with E-state index in [0.29, 0.717) is 25.9 Å². The van der Waals surface area contributed by atoms with Crippen molar-refractivity contribution in [2.24, 2.45) is 0 Å². The molecule has 7 nitrogen and oxygen atoms in total. The Hall–Kier alpha value is -1.00. The van der Waals surface area contributed by atoms with E-state index in [1.807, 2.05) is 0 Å². The van der Waals surface area contributed by atoms with Crippen LogP contribution in [-0.4, -0.2) is 59.7 Å². The smallest absolute Gasteiger partial charge is 0.243 e.